The number of rotatable bonds is 3. The molecule has 0 spiro atoms. The van der Waals surface area contributed by atoms with E-state index < -0.39 is 30.5 Å². The van der Waals surface area contributed by atoms with Crippen molar-refractivity contribution >= 4 is 25.6 Å². The van der Waals surface area contributed by atoms with E-state index in [-0.39, 0.29) is 10.5 Å². The topological polar surface area (TPSA) is 94.6 Å². The van der Waals surface area contributed by atoms with Crippen LogP contribution < -0.4 is 0 Å². The van der Waals surface area contributed by atoms with Gasteiger partial charge in [-0.25, -0.2) is 21.6 Å². The Morgan fingerprint density at radius 3 is 1.89 bits per heavy atom. The molecular weight excluding hydrogens is 280 g/mol. The van der Waals surface area contributed by atoms with Crippen molar-refractivity contribution < 1.29 is 26.4 Å². The van der Waals surface area contributed by atoms with Crippen molar-refractivity contribution in [3.8, 4) is 0 Å². The van der Waals surface area contributed by atoms with Gasteiger partial charge in [-0.15, -0.1) is 0 Å². The van der Waals surface area contributed by atoms with Crippen LogP contribution in [0.4, 0.5) is 0 Å². The molecule has 8 heteroatoms. The third-order valence-corrected chi connectivity index (χ3v) is 4.58. The van der Waals surface area contributed by atoms with Crippen molar-refractivity contribution in [2.24, 2.45) is 0 Å². The molecule has 0 aliphatic heterocycles. The van der Waals surface area contributed by atoms with Crippen LogP contribution in [0.3, 0.4) is 0 Å². The number of sulfone groups is 2. The fraction of sp³-hybridized carbons (Fsp3) is 0.300. The van der Waals surface area contributed by atoms with Crippen molar-refractivity contribution in [2.75, 3.05) is 19.6 Å². The molecule has 0 unspecified atom stereocenters. The molecule has 0 radical (unpaired) electrons. The second-order valence-electron chi connectivity index (χ2n) is 3.70. The fourth-order valence-corrected chi connectivity index (χ4v) is 3.77. The molecule has 0 amide bonds. The Labute approximate surface area is 105 Å². The van der Waals surface area contributed by atoms with E-state index in [9.17, 15) is 21.6 Å². The highest BCUT2D eigenvalue weighted by Crippen LogP contribution is 2.22. The van der Waals surface area contributed by atoms with Crippen LogP contribution in [-0.4, -0.2) is 42.4 Å². The molecule has 18 heavy (non-hydrogen) atoms. The first-order chi connectivity index (χ1) is 8.07. The van der Waals surface area contributed by atoms with Crippen LogP contribution in [0.2, 0.25) is 0 Å². The minimum absolute atomic E-state index is 0.0228. The first-order valence-corrected chi connectivity index (χ1v) is 8.48. The number of benzene rings is 1. The summed E-state index contributed by atoms with van der Waals surface area (Å²) in [6, 6.07) is 3.28. The Hall–Kier alpha value is -1.41. The molecule has 0 bridgehead atoms. The summed E-state index contributed by atoms with van der Waals surface area (Å²) in [4.78, 5) is 10.5. The van der Waals surface area contributed by atoms with Gasteiger partial charge in [0, 0.05) is 12.5 Å². The minimum atomic E-state index is -3.77. The maximum absolute atomic E-state index is 11.5. The van der Waals surface area contributed by atoms with Gasteiger partial charge in [0.2, 0.25) is 0 Å². The Kier molecular flexibility index (Phi) is 3.82. The van der Waals surface area contributed by atoms with E-state index in [0.717, 1.165) is 31.8 Å². The molecular formula is C10H12O6S2. The van der Waals surface area contributed by atoms with Gasteiger partial charge in [-0.1, -0.05) is 0 Å². The maximum atomic E-state index is 11.5. The van der Waals surface area contributed by atoms with Gasteiger partial charge in [0.25, 0.3) is 0 Å². The SMILES string of the molecule is COC(=O)c1ccc(S(C)(=O)=O)c(S(C)(=O)=O)c1. The molecule has 0 saturated heterocycles. The molecule has 0 N–H and O–H groups in total. The summed E-state index contributed by atoms with van der Waals surface area (Å²) in [5.74, 6) is -0.736. The Morgan fingerprint density at radius 2 is 1.50 bits per heavy atom. The molecule has 100 valence electrons. The predicted molar refractivity (Wildman–Crippen MR) is 64.0 cm³/mol. The van der Waals surface area contributed by atoms with E-state index in [1.54, 1.807) is 0 Å². The third kappa shape index (κ3) is 3.08. The number of carbonyl (C=O) groups excluding carboxylic acids is 1. The molecule has 0 aromatic heterocycles. The van der Waals surface area contributed by atoms with E-state index in [1.807, 2.05) is 0 Å². The van der Waals surface area contributed by atoms with Crippen molar-refractivity contribution in [3.05, 3.63) is 23.8 Å². The van der Waals surface area contributed by atoms with E-state index >= 15 is 0 Å². The van der Waals surface area contributed by atoms with Gasteiger partial charge in [0.15, 0.2) is 19.7 Å². The molecule has 0 atom stereocenters. The number of ether oxygens (including phenoxy) is 1. The van der Waals surface area contributed by atoms with Crippen molar-refractivity contribution in [2.45, 2.75) is 9.79 Å². The van der Waals surface area contributed by atoms with E-state index in [0.29, 0.717) is 0 Å². The molecule has 0 saturated carbocycles. The predicted octanol–water partition coefficient (Wildman–Crippen LogP) is 0.280. The summed E-state index contributed by atoms with van der Waals surface area (Å²) in [6.07, 6.45) is 1.77. The maximum Gasteiger partial charge on any atom is 0.337 e. The molecule has 1 aromatic carbocycles. The first kappa shape index (κ1) is 14.7. The van der Waals surface area contributed by atoms with Crippen molar-refractivity contribution in [1.29, 1.82) is 0 Å². The second-order valence-corrected chi connectivity index (χ2v) is 7.67. The Balaban J connectivity index is 3.65. The monoisotopic (exact) mass is 292 g/mol. The number of carbonyl (C=O) groups is 1. The van der Waals surface area contributed by atoms with Crippen molar-refractivity contribution in [3.63, 3.8) is 0 Å². The standard InChI is InChI=1S/C10H12O6S2/c1-16-10(11)7-4-5-8(17(2,12)13)9(6-7)18(3,14)15/h4-6H,1-3H3. The summed E-state index contributed by atoms with van der Waals surface area (Å²) in [6.45, 7) is 0. The highest BCUT2D eigenvalue weighted by molar-refractivity contribution is 7.93. The third-order valence-electron chi connectivity index (χ3n) is 2.16. The van der Waals surface area contributed by atoms with E-state index in [4.69, 9.17) is 0 Å². The van der Waals surface area contributed by atoms with Crippen LogP contribution in [0.25, 0.3) is 0 Å². The molecule has 1 aromatic rings. The Bertz CT molecular complexity index is 685. The fourth-order valence-electron chi connectivity index (χ4n) is 1.35. The molecule has 0 heterocycles. The number of methoxy groups -OCH3 is 1. The lowest BCUT2D eigenvalue weighted by Gasteiger charge is -2.08. The van der Waals surface area contributed by atoms with Crippen LogP contribution in [0.5, 0.6) is 0 Å². The highest BCUT2D eigenvalue weighted by Gasteiger charge is 2.22. The van der Waals surface area contributed by atoms with Crippen LogP contribution in [0.15, 0.2) is 28.0 Å². The van der Waals surface area contributed by atoms with Gasteiger partial charge in [-0.2, -0.15) is 0 Å². The van der Waals surface area contributed by atoms with Gasteiger partial charge < -0.3 is 4.74 Å². The van der Waals surface area contributed by atoms with Gasteiger partial charge in [-0.3, -0.25) is 0 Å². The minimum Gasteiger partial charge on any atom is -0.465 e. The van der Waals surface area contributed by atoms with Crippen LogP contribution in [-0.2, 0) is 24.4 Å². The number of hydrogen-bond donors (Lipinski definition) is 0. The zero-order valence-corrected chi connectivity index (χ0v) is 11.6. The largest absolute Gasteiger partial charge is 0.465 e. The van der Waals surface area contributed by atoms with Gasteiger partial charge in [-0.05, 0) is 18.2 Å². The Morgan fingerprint density at radius 1 is 1.00 bits per heavy atom. The summed E-state index contributed by atoms with van der Waals surface area (Å²) in [5.41, 5.74) is -0.0228. The zero-order valence-electron chi connectivity index (χ0n) is 10.00. The lowest BCUT2D eigenvalue weighted by Crippen LogP contribution is -2.10. The van der Waals surface area contributed by atoms with Gasteiger partial charge >= 0.3 is 5.97 Å². The number of hydrogen-bond acceptors (Lipinski definition) is 6. The average molecular weight is 292 g/mol. The summed E-state index contributed by atoms with van der Waals surface area (Å²) < 4.78 is 50.5. The van der Waals surface area contributed by atoms with Crippen LogP contribution in [0.1, 0.15) is 10.4 Å². The molecule has 0 fully saturated rings. The lowest BCUT2D eigenvalue weighted by molar-refractivity contribution is 0.0600. The van der Waals surface area contributed by atoms with Crippen molar-refractivity contribution in [1.82, 2.24) is 0 Å². The zero-order chi connectivity index (χ0) is 14.1. The van der Waals surface area contributed by atoms with E-state index in [1.165, 1.54) is 6.07 Å². The van der Waals surface area contributed by atoms with Crippen LogP contribution >= 0.6 is 0 Å². The summed E-state index contributed by atoms with van der Waals surface area (Å²) in [7, 11) is -6.32. The highest BCUT2D eigenvalue weighted by atomic mass is 32.2. The van der Waals surface area contributed by atoms with Gasteiger partial charge in [0.05, 0.1) is 22.5 Å². The normalized spacial score (nSPS) is 12.2. The van der Waals surface area contributed by atoms with E-state index in [2.05, 4.69) is 4.74 Å². The summed E-state index contributed by atoms with van der Waals surface area (Å²) in [5, 5.41) is 0. The summed E-state index contributed by atoms with van der Waals surface area (Å²) >= 11 is 0. The molecule has 0 aliphatic carbocycles. The first-order valence-electron chi connectivity index (χ1n) is 4.70. The second kappa shape index (κ2) is 4.69. The molecule has 0 aliphatic rings. The quantitative estimate of drug-likeness (QED) is 0.743. The van der Waals surface area contributed by atoms with Gasteiger partial charge in [0.1, 0.15) is 0 Å². The van der Waals surface area contributed by atoms with Crippen LogP contribution in [0, 0.1) is 0 Å². The average Bonchev–Trinajstić information content (AvgIpc) is 2.24. The lowest BCUT2D eigenvalue weighted by atomic mass is 10.2. The molecule has 1 rings (SSSR count). The molecule has 6 nitrogen and oxygen atoms in total. The smallest absolute Gasteiger partial charge is 0.337 e. The number of esters is 1.